The third-order valence-electron chi connectivity index (χ3n) is 1.04. The summed E-state index contributed by atoms with van der Waals surface area (Å²) in [5, 5.41) is 0. The van der Waals surface area contributed by atoms with Crippen LogP contribution in [-0.4, -0.2) is 13.0 Å². The van der Waals surface area contributed by atoms with Gasteiger partial charge >= 0.3 is 59.1 Å². The van der Waals surface area contributed by atoms with Gasteiger partial charge in [-0.1, -0.05) is 18.2 Å². The molecule has 58 valence electrons. The Kier molecular flexibility index (Phi) is 8.53. The van der Waals surface area contributed by atoms with Crippen LogP contribution in [0.5, 0.6) is 0 Å². The summed E-state index contributed by atoms with van der Waals surface area (Å²) < 4.78 is 29.2. The van der Waals surface area contributed by atoms with Gasteiger partial charge < -0.3 is 2.85 Å². The van der Waals surface area contributed by atoms with Crippen molar-refractivity contribution in [1.29, 1.82) is 0 Å². The van der Waals surface area contributed by atoms with Gasteiger partial charge in [-0.05, 0) is 12.1 Å². The van der Waals surface area contributed by atoms with E-state index in [4.69, 9.17) is 4.55 Å². The minimum absolute atomic E-state index is 0. The topological polar surface area (TPSA) is 54.4 Å². The fourth-order valence-electron chi connectivity index (χ4n) is 0.592. The summed E-state index contributed by atoms with van der Waals surface area (Å²) in [6.07, 6.45) is 0. The Balaban J connectivity index is -0.000000125. The summed E-state index contributed by atoms with van der Waals surface area (Å²) in [4.78, 5) is -0.0741. The van der Waals surface area contributed by atoms with E-state index in [2.05, 4.69) is 0 Å². The van der Waals surface area contributed by atoms with Crippen molar-refractivity contribution in [2.45, 2.75) is 4.90 Å². The molecule has 6 heteroatoms. The average molecular weight is 206 g/mol. The van der Waals surface area contributed by atoms with Gasteiger partial charge in [-0.15, -0.1) is 0 Å². The molecule has 0 aliphatic heterocycles. The zero-order valence-corrected chi connectivity index (χ0v) is 11.9. The van der Waals surface area contributed by atoms with E-state index in [9.17, 15) is 8.42 Å². The van der Waals surface area contributed by atoms with Gasteiger partial charge in [0.05, 0.1) is 4.90 Å². The second-order valence-electron chi connectivity index (χ2n) is 1.79. The molecule has 1 rings (SSSR count). The average Bonchev–Trinajstić information content (AvgIpc) is 1.88. The van der Waals surface area contributed by atoms with Gasteiger partial charge in [0.2, 0.25) is 0 Å². The van der Waals surface area contributed by atoms with Crippen LogP contribution in [0.1, 0.15) is 2.85 Å². The molecule has 0 aliphatic carbocycles. The van der Waals surface area contributed by atoms with Crippen LogP contribution in [0.15, 0.2) is 35.2 Å². The van der Waals surface area contributed by atoms with E-state index in [1.165, 1.54) is 12.1 Å². The fourth-order valence-corrected chi connectivity index (χ4v) is 1.09. The molecule has 0 atom stereocenters. The van der Waals surface area contributed by atoms with Gasteiger partial charge in [-0.2, -0.15) is 8.42 Å². The van der Waals surface area contributed by atoms with E-state index in [0.29, 0.717) is 0 Å². The minimum Gasteiger partial charge on any atom is -1.00 e. The Morgan fingerprint density at radius 1 is 1.08 bits per heavy atom. The molecular weight excluding hydrogens is 198 g/mol. The summed E-state index contributed by atoms with van der Waals surface area (Å²) in [7, 11) is -4.00. The predicted molar refractivity (Wildman–Crippen MR) is 38.5 cm³/mol. The molecule has 0 bridgehead atoms. The Bertz CT molecular complexity index is 317. The van der Waals surface area contributed by atoms with Crippen LogP contribution in [0, 0.1) is 0 Å². The van der Waals surface area contributed by atoms with Gasteiger partial charge in [0, 0.05) is 0 Å². The van der Waals surface area contributed by atoms with Gasteiger partial charge in [-0.3, -0.25) is 4.55 Å². The van der Waals surface area contributed by atoms with E-state index < -0.39 is 10.1 Å². The van der Waals surface area contributed by atoms with Crippen molar-refractivity contribution in [2.24, 2.45) is 0 Å². The minimum atomic E-state index is -4.00. The molecule has 0 saturated heterocycles. The quantitative estimate of drug-likeness (QED) is 0.370. The predicted octanol–water partition coefficient (Wildman–Crippen LogP) is -4.83. The normalized spacial score (nSPS) is 9.42. The molecule has 3 nitrogen and oxygen atoms in total. The van der Waals surface area contributed by atoms with Crippen LogP contribution in [0.2, 0.25) is 0 Å². The molecule has 0 unspecified atom stereocenters. The molecule has 1 aromatic rings. The van der Waals surface area contributed by atoms with E-state index in [1.54, 1.807) is 18.2 Å². The van der Waals surface area contributed by atoms with Crippen LogP contribution < -0.4 is 59.1 Å². The molecule has 0 radical (unpaired) electrons. The number of rotatable bonds is 1. The van der Waals surface area contributed by atoms with Gasteiger partial charge in [0.25, 0.3) is 10.1 Å². The zero-order chi connectivity index (χ0) is 7.61. The van der Waals surface area contributed by atoms with Crippen LogP contribution in [0.3, 0.4) is 0 Å². The van der Waals surface area contributed by atoms with Crippen molar-refractivity contribution in [3.63, 3.8) is 0 Å². The SMILES string of the molecule is O=S(=O)(O)c1ccccc1.[H-].[H-].[Na+].[Na+]. The van der Waals surface area contributed by atoms with Crippen molar-refractivity contribution < 1.29 is 74.9 Å². The number of hydrogen-bond donors (Lipinski definition) is 1. The van der Waals surface area contributed by atoms with Crippen LogP contribution in [0.25, 0.3) is 0 Å². The summed E-state index contributed by atoms with van der Waals surface area (Å²) in [6, 6.07) is 7.42. The maximum Gasteiger partial charge on any atom is 1.00 e. The maximum absolute atomic E-state index is 10.4. The number of benzene rings is 1. The van der Waals surface area contributed by atoms with Gasteiger partial charge in [0.1, 0.15) is 0 Å². The van der Waals surface area contributed by atoms with Gasteiger partial charge in [-0.25, -0.2) is 0 Å². The smallest absolute Gasteiger partial charge is 1.00 e. The second-order valence-corrected chi connectivity index (χ2v) is 3.21. The van der Waals surface area contributed by atoms with E-state index in [0.717, 1.165) is 0 Å². The molecular formula is C6H8Na2O3S. The fraction of sp³-hybridized carbons (Fsp3) is 0. The third kappa shape index (κ3) is 4.99. The molecule has 0 amide bonds. The molecule has 0 saturated carbocycles. The molecule has 0 spiro atoms. The van der Waals surface area contributed by atoms with E-state index in [-0.39, 0.29) is 66.9 Å². The molecule has 0 heterocycles. The first-order chi connectivity index (χ1) is 4.61. The molecule has 1 aromatic carbocycles. The van der Waals surface area contributed by atoms with Crippen molar-refractivity contribution in [2.75, 3.05) is 0 Å². The summed E-state index contributed by atoms with van der Waals surface area (Å²) >= 11 is 0. The largest absolute Gasteiger partial charge is 1.00 e. The van der Waals surface area contributed by atoms with Crippen LogP contribution in [-0.2, 0) is 10.1 Å². The molecule has 1 N–H and O–H groups in total. The van der Waals surface area contributed by atoms with E-state index in [1.807, 2.05) is 0 Å². The van der Waals surface area contributed by atoms with Gasteiger partial charge in [0.15, 0.2) is 0 Å². The Hall–Kier alpha value is 1.13. The standard InChI is InChI=1S/C6H6O3S.2Na.2H/c7-10(8,9)6-4-2-1-3-5-6;;;;/h1-5H,(H,7,8,9);;;;/q;2*+1;2*-1. The van der Waals surface area contributed by atoms with Crippen LogP contribution in [0.4, 0.5) is 0 Å². The van der Waals surface area contributed by atoms with Crippen molar-refractivity contribution in [1.82, 2.24) is 0 Å². The monoisotopic (exact) mass is 206 g/mol. The summed E-state index contributed by atoms with van der Waals surface area (Å²) in [6.45, 7) is 0. The molecule has 0 aliphatic rings. The van der Waals surface area contributed by atoms with Crippen LogP contribution >= 0.6 is 0 Å². The molecule has 0 fully saturated rings. The molecule has 12 heavy (non-hydrogen) atoms. The number of hydrogen-bond acceptors (Lipinski definition) is 2. The third-order valence-corrected chi connectivity index (χ3v) is 1.91. The first-order valence-electron chi connectivity index (χ1n) is 2.63. The summed E-state index contributed by atoms with van der Waals surface area (Å²) in [5.74, 6) is 0. The maximum atomic E-state index is 10.4. The van der Waals surface area contributed by atoms with Crippen molar-refractivity contribution >= 4 is 10.1 Å². The first kappa shape index (κ1) is 15.6. The first-order valence-corrected chi connectivity index (χ1v) is 4.07. The Morgan fingerprint density at radius 3 is 1.75 bits per heavy atom. The van der Waals surface area contributed by atoms with Crippen molar-refractivity contribution in [3.8, 4) is 0 Å². The molecule has 0 aromatic heterocycles. The zero-order valence-electron chi connectivity index (χ0n) is 9.06. The second kappa shape index (κ2) is 6.56. The van der Waals surface area contributed by atoms with Crippen molar-refractivity contribution in [3.05, 3.63) is 30.3 Å². The Morgan fingerprint density at radius 2 is 1.50 bits per heavy atom. The Labute approximate surface area is 119 Å². The van der Waals surface area contributed by atoms with E-state index >= 15 is 0 Å². The summed E-state index contributed by atoms with van der Waals surface area (Å²) in [5.41, 5.74) is 0.